The van der Waals surface area contributed by atoms with E-state index in [-0.39, 0.29) is 6.10 Å². The molecule has 0 aromatic carbocycles. The van der Waals surface area contributed by atoms with Gasteiger partial charge in [-0.3, -0.25) is 0 Å². The smallest absolute Gasteiger partial charge is 0.438 e. The molecule has 0 spiro atoms. The van der Waals surface area contributed by atoms with Crippen molar-refractivity contribution < 1.29 is 14.3 Å². The van der Waals surface area contributed by atoms with Crippen LogP contribution in [0.25, 0.3) is 0 Å². The fourth-order valence-electron chi connectivity index (χ4n) is 3.62. The van der Waals surface area contributed by atoms with Gasteiger partial charge in [-0.15, -0.1) is 0 Å². The Balaban J connectivity index is 1.71. The van der Waals surface area contributed by atoms with Gasteiger partial charge in [-0.05, 0) is 56.3 Å². The normalized spacial score (nSPS) is 37.0. The van der Waals surface area contributed by atoms with Gasteiger partial charge in [0.05, 0.1) is 7.11 Å². The van der Waals surface area contributed by atoms with Crippen LogP contribution in [0.2, 0.25) is 0 Å². The summed E-state index contributed by atoms with van der Waals surface area (Å²) < 4.78 is 9.78. The van der Waals surface area contributed by atoms with Crippen LogP contribution in [0.15, 0.2) is 0 Å². The van der Waals surface area contributed by atoms with Crippen LogP contribution in [0.1, 0.15) is 58.3 Å². The zero-order valence-electron chi connectivity index (χ0n) is 11.7. The Bertz CT molecular complexity index is 261. The highest BCUT2D eigenvalue weighted by molar-refractivity contribution is 5.59. The fourth-order valence-corrected chi connectivity index (χ4v) is 3.62. The Kier molecular flexibility index (Phi) is 4.90. The molecule has 2 aliphatic rings. The van der Waals surface area contributed by atoms with Crippen molar-refractivity contribution in [2.45, 2.75) is 64.4 Å². The molecule has 0 saturated heterocycles. The lowest BCUT2D eigenvalue weighted by molar-refractivity contribution is 0.00939. The molecule has 0 bridgehead atoms. The Morgan fingerprint density at radius 3 is 1.89 bits per heavy atom. The monoisotopic (exact) mass is 254 g/mol. The van der Waals surface area contributed by atoms with E-state index >= 15 is 0 Å². The van der Waals surface area contributed by atoms with Crippen molar-refractivity contribution in [2.24, 2.45) is 17.8 Å². The summed E-state index contributed by atoms with van der Waals surface area (Å²) in [5.41, 5.74) is 0. The molecule has 0 heterocycles. The van der Waals surface area contributed by atoms with Crippen molar-refractivity contribution in [1.82, 2.24) is 0 Å². The lowest BCUT2D eigenvalue weighted by Crippen LogP contribution is -2.29. The second-order valence-electron chi connectivity index (χ2n) is 6.13. The Morgan fingerprint density at radius 1 is 0.889 bits per heavy atom. The molecule has 3 heteroatoms. The SMILES string of the molecule is COC(=O)OC1CCC(C2CCC(C)CC2)CC1. The quantitative estimate of drug-likeness (QED) is 0.694. The second kappa shape index (κ2) is 6.44. The summed E-state index contributed by atoms with van der Waals surface area (Å²) in [6.45, 7) is 2.37. The second-order valence-corrected chi connectivity index (χ2v) is 6.13. The number of hydrogen-bond donors (Lipinski definition) is 0. The van der Waals surface area contributed by atoms with Crippen molar-refractivity contribution in [1.29, 1.82) is 0 Å². The summed E-state index contributed by atoms with van der Waals surface area (Å²) in [6.07, 6.45) is 9.69. The molecule has 0 radical (unpaired) electrons. The third kappa shape index (κ3) is 3.63. The van der Waals surface area contributed by atoms with E-state index in [1.165, 1.54) is 45.6 Å². The van der Waals surface area contributed by atoms with Gasteiger partial charge < -0.3 is 9.47 Å². The summed E-state index contributed by atoms with van der Waals surface area (Å²) >= 11 is 0. The van der Waals surface area contributed by atoms with Crippen molar-refractivity contribution in [2.75, 3.05) is 7.11 Å². The molecule has 18 heavy (non-hydrogen) atoms. The summed E-state index contributed by atoms with van der Waals surface area (Å²) in [7, 11) is 1.37. The van der Waals surface area contributed by atoms with Gasteiger partial charge in [-0.1, -0.05) is 19.8 Å². The maximum Gasteiger partial charge on any atom is 0.508 e. The first kappa shape index (κ1) is 13.7. The van der Waals surface area contributed by atoms with Gasteiger partial charge in [-0.2, -0.15) is 0 Å². The number of ether oxygens (including phenoxy) is 2. The van der Waals surface area contributed by atoms with Gasteiger partial charge >= 0.3 is 6.16 Å². The van der Waals surface area contributed by atoms with E-state index in [2.05, 4.69) is 11.7 Å². The topological polar surface area (TPSA) is 35.5 Å². The molecule has 0 aromatic heterocycles. The average Bonchev–Trinajstić information content (AvgIpc) is 2.40. The molecule has 0 unspecified atom stereocenters. The first-order chi connectivity index (χ1) is 8.69. The Morgan fingerprint density at radius 2 is 1.39 bits per heavy atom. The van der Waals surface area contributed by atoms with Crippen molar-refractivity contribution in [3.05, 3.63) is 0 Å². The standard InChI is InChI=1S/C15H26O3/c1-11-3-5-12(6-4-11)13-7-9-14(10-8-13)18-15(16)17-2/h11-14H,3-10H2,1-2H3. The molecule has 0 aliphatic heterocycles. The minimum absolute atomic E-state index is 0.0937. The van der Waals surface area contributed by atoms with Crippen molar-refractivity contribution >= 4 is 6.16 Å². The van der Waals surface area contributed by atoms with Crippen LogP contribution in [0, 0.1) is 17.8 Å². The highest BCUT2D eigenvalue weighted by Crippen LogP contribution is 2.40. The maximum atomic E-state index is 11.1. The third-order valence-electron chi connectivity index (χ3n) is 4.88. The molecule has 3 nitrogen and oxygen atoms in total. The van der Waals surface area contributed by atoms with E-state index in [1.807, 2.05) is 0 Å². The minimum Gasteiger partial charge on any atom is -0.438 e. The van der Waals surface area contributed by atoms with Crippen LogP contribution in [-0.2, 0) is 9.47 Å². The van der Waals surface area contributed by atoms with Crippen LogP contribution in [0.5, 0.6) is 0 Å². The molecule has 2 aliphatic carbocycles. The molecule has 0 amide bonds. The summed E-state index contributed by atoms with van der Waals surface area (Å²) in [5.74, 6) is 2.73. The number of carbonyl (C=O) groups is 1. The number of hydrogen-bond acceptors (Lipinski definition) is 3. The first-order valence-corrected chi connectivity index (χ1v) is 7.43. The van der Waals surface area contributed by atoms with Crippen LogP contribution in [-0.4, -0.2) is 19.4 Å². The van der Waals surface area contributed by atoms with Gasteiger partial charge in [0.15, 0.2) is 0 Å². The van der Waals surface area contributed by atoms with Crippen LogP contribution >= 0.6 is 0 Å². The maximum absolute atomic E-state index is 11.1. The van der Waals surface area contributed by atoms with Crippen molar-refractivity contribution in [3.63, 3.8) is 0 Å². The Labute approximate surface area is 110 Å². The van der Waals surface area contributed by atoms with E-state index in [9.17, 15) is 4.79 Å². The largest absolute Gasteiger partial charge is 0.508 e. The highest BCUT2D eigenvalue weighted by atomic mass is 16.7. The van der Waals surface area contributed by atoms with E-state index in [1.54, 1.807) is 0 Å². The van der Waals surface area contributed by atoms with Gasteiger partial charge in [0, 0.05) is 0 Å². The highest BCUT2D eigenvalue weighted by Gasteiger charge is 2.31. The predicted octanol–water partition coefficient (Wildman–Crippen LogP) is 4.15. The molecule has 2 saturated carbocycles. The molecule has 0 atom stereocenters. The van der Waals surface area contributed by atoms with Gasteiger partial charge in [-0.25, -0.2) is 4.79 Å². The summed E-state index contributed by atoms with van der Waals surface area (Å²) in [4.78, 5) is 11.1. The lowest BCUT2D eigenvalue weighted by atomic mass is 9.71. The fraction of sp³-hybridized carbons (Fsp3) is 0.933. The summed E-state index contributed by atoms with van der Waals surface area (Å²) in [6, 6.07) is 0. The Hall–Kier alpha value is -0.730. The lowest BCUT2D eigenvalue weighted by Gasteiger charge is -2.36. The molecular formula is C15H26O3. The van der Waals surface area contributed by atoms with E-state index < -0.39 is 6.16 Å². The number of rotatable bonds is 2. The number of carbonyl (C=O) groups excluding carboxylic acids is 1. The van der Waals surface area contributed by atoms with Gasteiger partial charge in [0.2, 0.25) is 0 Å². The van der Waals surface area contributed by atoms with Crippen LogP contribution in [0.4, 0.5) is 4.79 Å². The molecule has 2 fully saturated rings. The molecule has 104 valence electrons. The number of methoxy groups -OCH3 is 1. The van der Waals surface area contributed by atoms with Crippen LogP contribution < -0.4 is 0 Å². The molecule has 2 rings (SSSR count). The van der Waals surface area contributed by atoms with E-state index in [4.69, 9.17) is 4.74 Å². The van der Waals surface area contributed by atoms with E-state index in [0.29, 0.717) is 0 Å². The van der Waals surface area contributed by atoms with Crippen LogP contribution in [0.3, 0.4) is 0 Å². The van der Waals surface area contributed by atoms with E-state index in [0.717, 1.165) is 30.6 Å². The molecule has 0 aromatic rings. The third-order valence-corrected chi connectivity index (χ3v) is 4.88. The average molecular weight is 254 g/mol. The predicted molar refractivity (Wildman–Crippen MR) is 70.4 cm³/mol. The van der Waals surface area contributed by atoms with Crippen molar-refractivity contribution in [3.8, 4) is 0 Å². The van der Waals surface area contributed by atoms with Gasteiger partial charge in [0.1, 0.15) is 6.10 Å². The molecule has 0 N–H and O–H groups in total. The molecular weight excluding hydrogens is 228 g/mol. The minimum atomic E-state index is -0.523. The van der Waals surface area contributed by atoms with Gasteiger partial charge in [0.25, 0.3) is 0 Å². The first-order valence-electron chi connectivity index (χ1n) is 7.43. The zero-order chi connectivity index (χ0) is 13.0. The zero-order valence-corrected chi connectivity index (χ0v) is 11.7. The summed E-state index contributed by atoms with van der Waals surface area (Å²) in [5, 5.41) is 0.